The number of hydrogen-bond donors (Lipinski definition) is 1. The molecule has 1 saturated heterocycles. The number of rotatable bonds is 5. The Hall–Kier alpha value is -0.610. The molecule has 0 aliphatic carbocycles. The summed E-state index contributed by atoms with van der Waals surface area (Å²) in [5.74, 6) is 0.185. The largest absolute Gasteiger partial charge is 0.381 e. The molecular weight excluding hydrogens is 204 g/mol. The Balaban J connectivity index is 2.12. The third kappa shape index (κ3) is 4.49. The van der Waals surface area contributed by atoms with Gasteiger partial charge in [0.15, 0.2) is 0 Å². The number of amides is 1. The van der Waals surface area contributed by atoms with E-state index in [1.807, 2.05) is 0 Å². The van der Waals surface area contributed by atoms with Crippen LogP contribution in [0.2, 0.25) is 0 Å². The Morgan fingerprint density at radius 3 is 2.56 bits per heavy atom. The van der Waals surface area contributed by atoms with E-state index in [1.54, 1.807) is 19.0 Å². The van der Waals surface area contributed by atoms with Gasteiger partial charge in [0.05, 0.1) is 0 Å². The Morgan fingerprint density at radius 1 is 1.38 bits per heavy atom. The van der Waals surface area contributed by atoms with Gasteiger partial charge in [0.2, 0.25) is 5.91 Å². The Kier molecular flexibility index (Phi) is 5.22. The van der Waals surface area contributed by atoms with Gasteiger partial charge in [-0.1, -0.05) is 6.92 Å². The second-order valence-corrected chi connectivity index (χ2v) is 5.14. The van der Waals surface area contributed by atoms with E-state index < -0.39 is 0 Å². The maximum absolute atomic E-state index is 11.3. The van der Waals surface area contributed by atoms with Gasteiger partial charge in [-0.05, 0) is 18.3 Å². The van der Waals surface area contributed by atoms with Crippen molar-refractivity contribution < 1.29 is 9.53 Å². The van der Waals surface area contributed by atoms with Gasteiger partial charge >= 0.3 is 0 Å². The molecule has 1 amide bonds. The molecule has 1 aliphatic rings. The van der Waals surface area contributed by atoms with E-state index in [0.717, 1.165) is 39.1 Å². The topological polar surface area (TPSA) is 41.6 Å². The van der Waals surface area contributed by atoms with Gasteiger partial charge in [-0.3, -0.25) is 4.79 Å². The Labute approximate surface area is 98.3 Å². The van der Waals surface area contributed by atoms with Crippen LogP contribution in [-0.2, 0) is 9.53 Å². The smallest absolute Gasteiger partial charge is 0.223 e. The number of hydrogen-bond acceptors (Lipinski definition) is 3. The zero-order chi connectivity index (χ0) is 12.0. The van der Waals surface area contributed by atoms with Crippen LogP contribution in [0.1, 0.15) is 26.2 Å². The molecule has 1 heterocycles. The van der Waals surface area contributed by atoms with Crippen LogP contribution in [0.5, 0.6) is 0 Å². The van der Waals surface area contributed by atoms with Gasteiger partial charge in [-0.2, -0.15) is 0 Å². The van der Waals surface area contributed by atoms with E-state index >= 15 is 0 Å². The summed E-state index contributed by atoms with van der Waals surface area (Å²) in [6.45, 7) is 5.78. The van der Waals surface area contributed by atoms with Crippen LogP contribution in [0.15, 0.2) is 0 Å². The molecule has 1 rings (SSSR count). The van der Waals surface area contributed by atoms with E-state index in [-0.39, 0.29) is 5.91 Å². The van der Waals surface area contributed by atoms with Gasteiger partial charge in [0, 0.05) is 46.8 Å². The quantitative estimate of drug-likeness (QED) is 0.710. The Morgan fingerprint density at radius 2 is 2.00 bits per heavy atom. The zero-order valence-corrected chi connectivity index (χ0v) is 10.7. The maximum Gasteiger partial charge on any atom is 0.223 e. The average molecular weight is 228 g/mol. The van der Waals surface area contributed by atoms with Gasteiger partial charge in [0.1, 0.15) is 0 Å². The monoisotopic (exact) mass is 228 g/mol. The number of ether oxygens (including phenoxy) is 1. The minimum Gasteiger partial charge on any atom is -0.381 e. The summed E-state index contributed by atoms with van der Waals surface area (Å²) in [5.41, 5.74) is 0.347. The highest BCUT2D eigenvalue weighted by Gasteiger charge is 2.26. The van der Waals surface area contributed by atoms with Crippen molar-refractivity contribution in [1.82, 2.24) is 10.2 Å². The van der Waals surface area contributed by atoms with E-state index in [4.69, 9.17) is 4.74 Å². The molecule has 4 heteroatoms. The summed E-state index contributed by atoms with van der Waals surface area (Å²) in [5, 5.41) is 3.38. The molecule has 0 saturated carbocycles. The van der Waals surface area contributed by atoms with Gasteiger partial charge < -0.3 is 15.0 Å². The summed E-state index contributed by atoms with van der Waals surface area (Å²) in [7, 11) is 3.59. The van der Waals surface area contributed by atoms with Crippen LogP contribution in [0, 0.1) is 5.41 Å². The van der Waals surface area contributed by atoms with Crippen LogP contribution >= 0.6 is 0 Å². The van der Waals surface area contributed by atoms with Crippen molar-refractivity contribution in [2.75, 3.05) is 40.4 Å². The molecule has 1 N–H and O–H groups in total. The molecule has 0 unspecified atom stereocenters. The zero-order valence-electron chi connectivity index (χ0n) is 10.7. The van der Waals surface area contributed by atoms with Gasteiger partial charge in [-0.15, -0.1) is 0 Å². The van der Waals surface area contributed by atoms with E-state index in [9.17, 15) is 4.79 Å². The average Bonchev–Trinajstić information content (AvgIpc) is 2.25. The first-order valence-electron chi connectivity index (χ1n) is 6.02. The van der Waals surface area contributed by atoms with Gasteiger partial charge in [-0.25, -0.2) is 0 Å². The second-order valence-electron chi connectivity index (χ2n) is 5.14. The van der Waals surface area contributed by atoms with Crippen LogP contribution < -0.4 is 5.32 Å². The first-order chi connectivity index (χ1) is 7.53. The first-order valence-corrected chi connectivity index (χ1v) is 6.02. The molecule has 0 spiro atoms. The number of nitrogens with zero attached hydrogens (tertiary/aromatic N) is 1. The normalized spacial score (nSPS) is 19.4. The molecule has 0 aromatic heterocycles. The molecule has 1 fully saturated rings. The van der Waals surface area contributed by atoms with Crippen molar-refractivity contribution in [3.8, 4) is 0 Å². The summed E-state index contributed by atoms with van der Waals surface area (Å²) in [4.78, 5) is 13.0. The minimum atomic E-state index is 0.185. The minimum absolute atomic E-state index is 0.185. The highest BCUT2D eigenvalue weighted by Crippen LogP contribution is 2.28. The second kappa shape index (κ2) is 6.21. The lowest BCUT2D eigenvalue weighted by molar-refractivity contribution is -0.128. The molecule has 0 radical (unpaired) electrons. The summed E-state index contributed by atoms with van der Waals surface area (Å²) in [6.07, 6.45) is 2.81. The lowest BCUT2D eigenvalue weighted by atomic mass is 9.82. The molecular formula is C12H24N2O2. The van der Waals surface area contributed by atoms with E-state index in [1.165, 1.54) is 0 Å². The van der Waals surface area contributed by atoms with Crippen LogP contribution in [0.4, 0.5) is 0 Å². The van der Waals surface area contributed by atoms with Crippen molar-refractivity contribution in [1.29, 1.82) is 0 Å². The Bertz CT molecular complexity index is 223. The SMILES string of the molecule is CN(C)C(=O)CCNCC1(C)CCOCC1. The van der Waals surface area contributed by atoms with Crippen LogP contribution in [-0.4, -0.2) is 51.2 Å². The molecule has 0 aromatic rings. The fourth-order valence-corrected chi connectivity index (χ4v) is 1.85. The molecule has 16 heavy (non-hydrogen) atoms. The van der Waals surface area contributed by atoms with Crippen molar-refractivity contribution >= 4 is 5.91 Å². The number of carbonyl (C=O) groups excluding carboxylic acids is 1. The van der Waals surface area contributed by atoms with Crippen LogP contribution in [0.3, 0.4) is 0 Å². The van der Waals surface area contributed by atoms with Gasteiger partial charge in [0.25, 0.3) is 0 Å². The summed E-state index contributed by atoms with van der Waals surface area (Å²) < 4.78 is 5.35. The maximum atomic E-state index is 11.3. The highest BCUT2D eigenvalue weighted by molar-refractivity contribution is 5.75. The summed E-state index contributed by atoms with van der Waals surface area (Å²) >= 11 is 0. The van der Waals surface area contributed by atoms with Crippen molar-refractivity contribution in [3.05, 3.63) is 0 Å². The molecule has 4 nitrogen and oxygen atoms in total. The summed E-state index contributed by atoms with van der Waals surface area (Å²) in [6, 6.07) is 0. The third-order valence-electron chi connectivity index (χ3n) is 3.27. The molecule has 94 valence electrons. The predicted molar refractivity (Wildman–Crippen MR) is 64.3 cm³/mol. The van der Waals surface area contributed by atoms with E-state index in [2.05, 4.69) is 12.2 Å². The molecule has 0 bridgehead atoms. The first kappa shape index (κ1) is 13.5. The fourth-order valence-electron chi connectivity index (χ4n) is 1.85. The van der Waals surface area contributed by atoms with Crippen molar-refractivity contribution in [3.63, 3.8) is 0 Å². The standard InChI is InChI=1S/C12H24N2O2/c1-12(5-8-16-9-6-12)10-13-7-4-11(15)14(2)3/h13H,4-10H2,1-3H3. The van der Waals surface area contributed by atoms with E-state index in [0.29, 0.717) is 11.8 Å². The molecule has 1 aliphatic heterocycles. The molecule has 0 aromatic carbocycles. The van der Waals surface area contributed by atoms with Crippen LogP contribution in [0.25, 0.3) is 0 Å². The highest BCUT2D eigenvalue weighted by atomic mass is 16.5. The third-order valence-corrected chi connectivity index (χ3v) is 3.27. The molecule has 0 atom stereocenters. The van der Waals surface area contributed by atoms with Crippen molar-refractivity contribution in [2.24, 2.45) is 5.41 Å². The lowest BCUT2D eigenvalue weighted by Gasteiger charge is -2.33. The fraction of sp³-hybridized carbons (Fsp3) is 0.917. The predicted octanol–water partition coefficient (Wildman–Crippen LogP) is 0.871. The number of nitrogens with one attached hydrogen (secondary N) is 1. The van der Waals surface area contributed by atoms with Crippen molar-refractivity contribution in [2.45, 2.75) is 26.2 Å². The lowest BCUT2D eigenvalue weighted by Crippen LogP contribution is -2.38. The number of carbonyl (C=O) groups is 1.